The zero-order chi connectivity index (χ0) is 31.3. The highest BCUT2D eigenvalue weighted by atomic mass is 15.2. The molecule has 1 aliphatic rings. The summed E-state index contributed by atoms with van der Waals surface area (Å²) < 4.78 is 0. The molecule has 0 radical (unpaired) electrons. The van der Waals surface area contributed by atoms with Crippen molar-refractivity contribution in [1.82, 2.24) is 0 Å². The lowest BCUT2D eigenvalue weighted by molar-refractivity contribution is 0.968. The van der Waals surface area contributed by atoms with E-state index in [0.717, 1.165) is 35.6 Å². The first-order chi connectivity index (χ1) is 22.7. The highest BCUT2D eigenvalue weighted by Gasteiger charge is 2.21. The quantitative estimate of drug-likeness (QED) is 0.162. The molecule has 1 aliphatic carbocycles. The topological polar surface area (TPSA) is 6.48 Å². The average molecular weight is 595 g/mol. The standard InChI is InChI=1S/C44H38N2/c1-3-14-37(4-2)45(43-23-12-17-35-15-8-10-21-41(35)43)39-29-25-33(26-30-39)34-27-31-40(32-28-34)46(38-19-6-5-7-20-38)44-24-13-18-36-16-9-11-22-42(36)44/h3-12,14-17,19-32H,13,18H2,1-2H3/b14-3-,37-4+. The molecule has 7 rings (SSSR count). The first kappa shape index (κ1) is 29.1. The maximum absolute atomic E-state index is 2.40. The fourth-order valence-electron chi connectivity index (χ4n) is 6.59. The van der Waals surface area contributed by atoms with E-state index < -0.39 is 0 Å². The first-order valence-electron chi connectivity index (χ1n) is 16.2. The highest BCUT2D eigenvalue weighted by Crippen LogP contribution is 2.40. The molecular weight excluding hydrogens is 556 g/mol. The Morgan fingerprint density at radius 1 is 0.587 bits per heavy atom. The number of rotatable bonds is 8. The summed E-state index contributed by atoms with van der Waals surface area (Å²) in [7, 11) is 0. The predicted molar refractivity (Wildman–Crippen MR) is 198 cm³/mol. The van der Waals surface area contributed by atoms with Crippen LogP contribution in [0.15, 0.2) is 176 Å². The molecular formula is C44H38N2. The molecule has 0 fully saturated rings. The average Bonchev–Trinajstić information content (AvgIpc) is 3.13. The third kappa shape index (κ3) is 5.66. The van der Waals surface area contributed by atoms with Crippen LogP contribution < -0.4 is 9.80 Å². The zero-order valence-corrected chi connectivity index (χ0v) is 26.5. The van der Waals surface area contributed by atoms with Crippen molar-refractivity contribution in [3.05, 3.63) is 187 Å². The number of hydrogen-bond acceptors (Lipinski definition) is 2. The molecule has 0 N–H and O–H groups in total. The van der Waals surface area contributed by atoms with Crippen molar-refractivity contribution in [2.24, 2.45) is 0 Å². The minimum atomic E-state index is 1.04. The van der Waals surface area contributed by atoms with Crippen molar-refractivity contribution in [3.63, 3.8) is 0 Å². The van der Waals surface area contributed by atoms with Crippen molar-refractivity contribution in [2.75, 3.05) is 9.80 Å². The van der Waals surface area contributed by atoms with Crippen molar-refractivity contribution in [2.45, 2.75) is 26.7 Å². The monoisotopic (exact) mass is 594 g/mol. The SMILES string of the molecule is C/C=C\C(=C/C)N(c1ccc(-c2ccc(N(C3=CCCc4ccccc43)c3ccccc3)cc2)cc1)c1cccc2ccccc12. The van der Waals surface area contributed by atoms with E-state index in [1.807, 2.05) is 0 Å². The van der Waals surface area contributed by atoms with Gasteiger partial charge in [-0.15, -0.1) is 0 Å². The predicted octanol–water partition coefficient (Wildman–Crippen LogP) is 12.3. The Kier molecular flexibility index (Phi) is 8.34. The van der Waals surface area contributed by atoms with Gasteiger partial charge in [-0.05, 0) is 97.3 Å². The van der Waals surface area contributed by atoms with Crippen LogP contribution in [0.5, 0.6) is 0 Å². The summed E-state index contributed by atoms with van der Waals surface area (Å²) in [6.07, 6.45) is 11.0. The van der Waals surface area contributed by atoms with Gasteiger partial charge in [0, 0.05) is 39.4 Å². The number of nitrogens with zero attached hydrogens (tertiary/aromatic N) is 2. The number of aryl methyl sites for hydroxylation is 1. The van der Waals surface area contributed by atoms with Crippen LogP contribution >= 0.6 is 0 Å². The van der Waals surface area contributed by atoms with Crippen LogP contribution in [0, 0.1) is 0 Å². The Bertz CT molecular complexity index is 2040. The van der Waals surface area contributed by atoms with Gasteiger partial charge in [-0.3, -0.25) is 0 Å². The largest absolute Gasteiger partial charge is 0.310 e. The van der Waals surface area contributed by atoms with Crippen LogP contribution in [-0.2, 0) is 6.42 Å². The van der Waals surface area contributed by atoms with Crippen molar-refractivity contribution in [1.29, 1.82) is 0 Å². The summed E-state index contributed by atoms with van der Waals surface area (Å²) >= 11 is 0. The number of anilines is 4. The molecule has 0 spiro atoms. The van der Waals surface area contributed by atoms with E-state index in [4.69, 9.17) is 0 Å². The molecule has 0 amide bonds. The first-order valence-corrected chi connectivity index (χ1v) is 16.2. The van der Waals surface area contributed by atoms with E-state index in [2.05, 4.69) is 194 Å². The van der Waals surface area contributed by atoms with Crippen LogP contribution in [0.25, 0.3) is 27.6 Å². The molecule has 224 valence electrons. The van der Waals surface area contributed by atoms with Crippen LogP contribution in [0.1, 0.15) is 31.4 Å². The van der Waals surface area contributed by atoms with Crippen LogP contribution in [0.3, 0.4) is 0 Å². The van der Waals surface area contributed by atoms with E-state index in [9.17, 15) is 0 Å². The summed E-state index contributed by atoms with van der Waals surface area (Å²) in [5.74, 6) is 0. The Balaban J connectivity index is 1.23. The lowest BCUT2D eigenvalue weighted by Gasteiger charge is -2.31. The zero-order valence-electron chi connectivity index (χ0n) is 26.5. The van der Waals surface area contributed by atoms with Gasteiger partial charge >= 0.3 is 0 Å². The summed E-state index contributed by atoms with van der Waals surface area (Å²) in [4.78, 5) is 4.75. The number of allylic oxidation sites excluding steroid dienone is 4. The van der Waals surface area contributed by atoms with Gasteiger partial charge < -0.3 is 9.80 Å². The van der Waals surface area contributed by atoms with Gasteiger partial charge in [0.2, 0.25) is 0 Å². The third-order valence-corrected chi connectivity index (χ3v) is 8.78. The van der Waals surface area contributed by atoms with Gasteiger partial charge in [-0.1, -0.05) is 121 Å². The molecule has 0 saturated heterocycles. The number of hydrogen-bond donors (Lipinski definition) is 0. The van der Waals surface area contributed by atoms with Gasteiger partial charge in [-0.2, -0.15) is 0 Å². The second kappa shape index (κ2) is 13.2. The second-order valence-corrected chi connectivity index (χ2v) is 11.6. The number of para-hydroxylation sites is 1. The molecule has 0 aliphatic heterocycles. The Labute approximate surface area is 272 Å². The Hall–Kier alpha value is -5.60. The maximum Gasteiger partial charge on any atom is 0.0539 e. The fourth-order valence-corrected chi connectivity index (χ4v) is 6.59. The molecule has 0 atom stereocenters. The van der Waals surface area contributed by atoms with E-state index >= 15 is 0 Å². The molecule has 46 heavy (non-hydrogen) atoms. The summed E-state index contributed by atoms with van der Waals surface area (Å²) in [5.41, 5.74) is 12.1. The molecule has 0 bridgehead atoms. The summed E-state index contributed by atoms with van der Waals surface area (Å²) in [5, 5.41) is 2.46. The smallest absolute Gasteiger partial charge is 0.0539 e. The second-order valence-electron chi connectivity index (χ2n) is 11.6. The summed E-state index contributed by atoms with van der Waals surface area (Å²) in [6.45, 7) is 4.17. The molecule has 0 saturated carbocycles. The van der Waals surface area contributed by atoms with E-state index in [-0.39, 0.29) is 0 Å². The fraction of sp³-hybridized carbons (Fsp3) is 0.0909. The van der Waals surface area contributed by atoms with E-state index in [1.54, 1.807) is 0 Å². The van der Waals surface area contributed by atoms with Crippen LogP contribution in [0.4, 0.5) is 22.7 Å². The minimum Gasteiger partial charge on any atom is -0.310 e. The van der Waals surface area contributed by atoms with Gasteiger partial charge in [0.05, 0.1) is 5.69 Å². The molecule has 2 nitrogen and oxygen atoms in total. The number of benzene rings is 6. The summed E-state index contributed by atoms with van der Waals surface area (Å²) in [6, 6.07) is 52.6. The van der Waals surface area contributed by atoms with Crippen molar-refractivity contribution < 1.29 is 0 Å². The van der Waals surface area contributed by atoms with Crippen LogP contribution in [0.2, 0.25) is 0 Å². The lowest BCUT2D eigenvalue weighted by atomic mass is 9.93. The van der Waals surface area contributed by atoms with E-state index in [0.29, 0.717) is 0 Å². The van der Waals surface area contributed by atoms with Crippen molar-refractivity contribution in [3.8, 4) is 11.1 Å². The number of fused-ring (bicyclic) bond motifs is 2. The lowest BCUT2D eigenvalue weighted by Crippen LogP contribution is -2.18. The Morgan fingerprint density at radius 3 is 1.96 bits per heavy atom. The maximum atomic E-state index is 2.40. The molecule has 6 aromatic rings. The van der Waals surface area contributed by atoms with Gasteiger partial charge in [-0.25, -0.2) is 0 Å². The minimum absolute atomic E-state index is 1.04. The Morgan fingerprint density at radius 2 is 1.22 bits per heavy atom. The molecule has 0 heterocycles. The third-order valence-electron chi connectivity index (χ3n) is 8.78. The molecule has 0 aromatic heterocycles. The van der Waals surface area contributed by atoms with Crippen molar-refractivity contribution >= 4 is 39.2 Å². The molecule has 6 aromatic carbocycles. The van der Waals surface area contributed by atoms with Gasteiger partial charge in [0.1, 0.15) is 0 Å². The van der Waals surface area contributed by atoms with Gasteiger partial charge in [0.25, 0.3) is 0 Å². The highest BCUT2D eigenvalue weighted by molar-refractivity contribution is 5.97. The normalized spacial score (nSPS) is 13.0. The molecule has 2 heteroatoms. The van der Waals surface area contributed by atoms with Crippen LogP contribution in [-0.4, -0.2) is 0 Å². The van der Waals surface area contributed by atoms with E-state index in [1.165, 1.54) is 44.4 Å². The van der Waals surface area contributed by atoms with Gasteiger partial charge in [0.15, 0.2) is 0 Å². The molecule has 0 unspecified atom stereocenters.